The van der Waals surface area contributed by atoms with Crippen LogP contribution in [0.1, 0.15) is 96.8 Å². The smallest absolute Gasteiger partial charge is 0.252 e. The number of rotatable bonds is 24. The first-order chi connectivity index (χ1) is 18.9. The minimum atomic E-state index is -3.68. The van der Waals surface area contributed by atoms with E-state index in [1.165, 1.54) is 84.2 Å². The molecule has 0 saturated carbocycles. The molecule has 11 heteroatoms. The van der Waals surface area contributed by atoms with Crippen LogP contribution in [0.4, 0.5) is 5.95 Å². The Morgan fingerprint density at radius 1 is 0.949 bits per heavy atom. The van der Waals surface area contributed by atoms with E-state index in [9.17, 15) is 9.46 Å². The zero-order valence-corrected chi connectivity index (χ0v) is 25.0. The number of ether oxygens (including phenoxy) is 3. The van der Waals surface area contributed by atoms with Gasteiger partial charge in [-0.15, -0.1) is 0 Å². The molecule has 0 aromatic carbocycles. The summed E-state index contributed by atoms with van der Waals surface area (Å²) < 4.78 is 30.6. The quantitative estimate of drug-likeness (QED) is 0.105. The van der Waals surface area contributed by atoms with E-state index < -0.39 is 7.37 Å². The molecule has 0 saturated heterocycles. The predicted octanol–water partition coefficient (Wildman–Crippen LogP) is 6.67. The van der Waals surface area contributed by atoms with Gasteiger partial charge in [0.2, 0.25) is 11.8 Å². The van der Waals surface area contributed by atoms with Crippen molar-refractivity contribution in [3.05, 3.63) is 18.2 Å². The Kier molecular flexibility index (Phi) is 16.3. The summed E-state index contributed by atoms with van der Waals surface area (Å²) in [4.78, 5) is 22.8. The largest absolute Gasteiger partial charge is 0.479 e. The number of fused-ring (bicyclic) bond motifs is 1. The normalized spacial score (nSPS) is 13.1. The van der Waals surface area contributed by atoms with Crippen LogP contribution in [0.25, 0.3) is 11.2 Å². The number of unbranched alkanes of at least 4 members (excludes halogenated alkanes) is 13. The van der Waals surface area contributed by atoms with Gasteiger partial charge < -0.3 is 29.4 Å². The second-order valence-electron chi connectivity index (χ2n) is 10.2. The SMILES string of the molecule is C=C(COCCCCCCCCCCCCCCCC)P(=O)(O)COCCn1cnc2c(OC)nc(N)nc21. The van der Waals surface area contributed by atoms with Crippen LogP contribution in [0, 0.1) is 0 Å². The minimum absolute atomic E-state index is 0.0672. The van der Waals surface area contributed by atoms with Crippen molar-refractivity contribution in [2.75, 3.05) is 39.0 Å². The van der Waals surface area contributed by atoms with Gasteiger partial charge in [-0.1, -0.05) is 97.0 Å². The highest BCUT2D eigenvalue weighted by molar-refractivity contribution is 7.62. The number of imidazole rings is 1. The van der Waals surface area contributed by atoms with E-state index in [1.54, 1.807) is 10.9 Å². The molecule has 10 nitrogen and oxygen atoms in total. The summed E-state index contributed by atoms with van der Waals surface area (Å²) in [5.41, 5.74) is 6.73. The lowest BCUT2D eigenvalue weighted by molar-refractivity contribution is 0.148. The van der Waals surface area contributed by atoms with Crippen LogP contribution in [0.3, 0.4) is 0 Å². The third-order valence-electron chi connectivity index (χ3n) is 6.79. The number of hydrogen-bond donors (Lipinski definition) is 2. The van der Waals surface area contributed by atoms with Gasteiger partial charge in [-0.2, -0.15) is 9.97 Å². The molecule has 2 rings (SSSR count). The molecule has 0 spiro atoms. The van der Waals surface area contributed by atoms with Gasteiger partial charge in [0.25, 0.3) is 7.37 Å². The third kappa shape index (κ3) is 12.8. The average molecular weight is 568 g/mol. The highest BCUT2D eigenvalue weighted by Crippen LogP contribution is 2.48. The monoisotopic (exact) mass is 567 g/mol. The van der Waals surface area contributed by atoms with Crippen molar-refractivity contribution >= 4 is 24.5 Å². The molecule has 0 aliphatic heterocycles. The number of aromatic nitrogens is 4. The second-order valence-corrected chi connectivity index (χ2v) is 12.4. The van der Waals surface area contributed by atoms with Crippen molar-refractivity contribution in [3.63, 3.8) is 0 Å². The molecule has 2 aromatic rings. The Balaban J connectivity index is 1.48. The van der Waals surface area contributed by atoms with Gasteiger partial charge in [0.15, 0.2) is 11.2 Å². The van der Waals surface area contributed by atoms with Crippen molar-refractivity contribution in [2.24, 2.45) is 0 Å². The van der Waals surface area contributed by atoms with Crippen LogP contribution in [0.15, 0.2) is 18.2 Å². The van der Waals surface area contributed by atoms with Crippen LogP contribution in [0.2, 0.25) is 0 Å². The van der Waals surface area contributed by atoms with Gasteiger partial charge in [0.05, 0.1) is 26.7 Å². The summed E-state index contributed by atoms with van der Waals surface area (Å²) in [6.07, 6.45) is 19.5. The van der Waals surface area contributed by atoms with E-state index in [0.717, 1.165) is 12.8 Å². The van der Waals surface area contributed by atoms with Crippen LogP contribution in [-0.2, 0) is 20.6 Å². The van der Waals surface area contributed by atoms with E-state index in [-0.39, 0.29) is 30.8 Å². The van der Waals surface area contributed by atoms with E-state index in [1.807, 2.05) is 0 Å². The van der Waals surface area contributed by atoms with Crippen LogP contribution >= 0.6 is 7.37 Å². The van der Waals surface area contributed by atoms with Gasteiger partial charge in [-0.3, -0.25) is 4.57 Å². The minimum Gasteiger partial charge on any atom is -0.479 e. The second kappa shape index (κ2) is 19.1. The van der Waals surface area contributed by atoms with Crippen molar-refractivity contribution in [3.8, 4) is 5.88 Å². The zero-order valence-electron chi connectivity index (χ0n) is 24.1. The molecule has 1 atom stereocenters. The molecule has 39 heavy (non-hydrogen) atoms. The maximum Gasteiger partial charge on any atom is 0.252 e. The first-order valence-electron chi connectivity index (χ1n) is 14.6. The summed E-state index contributed by atoms with van der Waals surface area (Å²) in [7, 11) is -2.20. The molecule has 0 radical (unpaired) electrons. The molecular weight excluding hydrogens is 517 g/mol. The maximum absolute atomic E-state index is 12.6. The Hall–Kier alpha value is -2.00. The molecule has 0 aliphatic rings. The number of anilines is 1. The summed E-state index contributed by atoms with van der Waals surface area (Å²) in [5, 5.41) is 0.172. The number of methoxy groups -OCH3 is 1. The van der Waals surface area contributed by atoms with Gasteiger partial charge in [-0.05, 0) is 6.42 Å². The van der Waals surface area contributed by atoms with Gasteiger partial charge >= 0.3 is 0 Å². The van der Waals surface area contributed by atoms with Crippen LogP contribution in [0.5, 0.6) is 5.88 Å². The molecular formula is C28H50N5O5P. The van der Waals surface area contributed by atoms with Crippen molar-refractivity contribution in [1.29, 1.82) is 0 Å². The van der Waals surface area contributed by atoms with Crippen LogP contribution < -0.4 is 10.5 Å². The summed E-state index contributed by atoms with van der Waals surface area (Å²) in [5.74, 6) is 0.370. The zero-order chi connectivity index (χ0) is 28.3. The molecule has 0 aliphatic carbocycles. The predicted molar refractivity (Wildman–Crippen MR) is 157 cm³/mol. The molecule has 222 valence electrons. The van der Waals surface area contributed by atoms with Gasteiger partial charge in [-0.25, -0.2) is 4.98 Å². The number of nitrogens with zero attached hydrogens (tertiary/aromatic N) is 4. The highest BCUT2D eigenvalue weighted by Gasteiger charge is 2.23. The number of hydrogen-bond acceptors (Lipinski definition) is 8. The lowest BCUT2D eigenvalue weighted by Crippen LogP contribution is -2.09. The Labute approximate surface area is 234 Å². The molecule has 2 heterocycles. The van der Waals surface area contributed by atoms with E-state index in [2.05, 4.69) is 28.5 Å². The average Bonchev–Trinajstić information content (AvgIpc) is 3.32. The van der Waals surface area contributed by atoms with E-state index in [4.69, 9.17) is 19.9 Å². The standard InChI is InChI=1S/C28H50N5O5P/c1-4-5-6-7-8-9-10-11-12-13-14-15-16-17-19-37-21-24(2)39(34,35)23-38-20-18-33-22-30-25-26(33)31-28(29)32-27(25)36-3/h22H,2,4-21,23H2,1,3H3,(H,34,35)(H2,29,31,32). The fourth-order valence-electron chi connectivity index (χ4n) is 4.37. The van der Waals surface area contributed by atoms with Crippen LogP contribution in [-0.4, -0.2) is 57.7 Å². The lowest BCUT2D eigenvalue weighted by atomic mass is 10.0. The number of nitrogen functional groups attached to an aromatic ring is 1. The highest BCUT2D eigenvalue weighted by atomic mass is 31.2. The Morgan fingerprint density at radius 2 is 1.54 bits per heavy atom. The first kappa shape index (κ1) is 33.2. The summed E-state index contributed by atoms with van der Waals surface area (Å²) in [6, 6.07) is 0. The van der Waals surface area contributed by atoms with E-state index in [0.29, 0.717) is 30.2 Å². The van der Waals surface area contributed by atoms with Gasteiger partial charge in [0.1, 0.15) is 6.35 Å². The Morgan fingerprint density at radius 3 is 2.13 bits per heavy atom. The Bertz CT molecular complexity index is 1020. The molecule has 3 N–H and O–H groups in total. The fourth-order valence-corrected chi connectivity index (χ4v) is 5.22. The van der Waals surface area contributed by atoms with Crippen molar-refractivity contribution in [2.45, 2.75) is 103 Å². The molecule has 0 amide bonds. The lowest BCUT2D eigenvalue weighted by Gasteiger charge is -2.15. The summed E-state index contributed by atoms with van der Waals surface area (Å²) in [6.45, 7) is 7.22. The molecule has 0 fully saturated rings. The van der Waals surface area contributed by atoms with Crippen molar-refractivity contribution in [1.82, 2.24) is 19.5 Å². The number of nitrogens with two attached hydrogens (primary N) is 1. The fraction of sp³-hybridized carbons (Fsp3) is 0.750. The first-order valence-corrected chi connectivity index (χ1v) is 16.4. The maximum atomic E-state index is 12.6. The van der Waals surface area contributed by atoms with E-state index >= 15 is 0 Å². The van der Waals surface area contributed by atoms with Crippen molar-refractivity contribution < 1.29 is 23.7 Å². The third-order valence-corrected chi connectivity index (χ3v) is 8.44. The molecule has 1 unspecified atom stereocenters. The summed E-state index contributed by atoms with van der Waals surface area (Å²) >= 11 is 0. The molecule has 0 bridgehead atoms. The van der Waals surface area contributed by atoms with Gasteiger partial charge in [0, 0.05) is 18.5 Å². The molecule has 2 aromatic heterocycles. The topological polar surface area (TPSA) is 135 Å².